The molecule has 19 heavy (non-hydrogen) atoms. The van der Waals surface area contributed by atoms with E-state index < -0.39 is 17.4 Å². The largest absolute Gasteiger partial charge is 0.398 e. The molecule has 0 aromatic heterocycles. The van der Waals surface area contributed by atoms with Crippen molar-refractivity contribution in [3.63, 3.8) is 0 Å². The number of benzene rings is 2. The molecule has 0 spiro atoms. The highest BCUT2D eigenvalue weighted by Crippen LogP contribution is 2.29. The molecule has 0 amide bonds. The van der Waals surface area contributed by atoms with Crippen LogP contribution in [0.5, 0.6) is 0 Å². The average molecular weight is 302 g/mol. The van der Waals surface area contributed by atoms with E-state index in [-0.39, 0.29) is 26.9 Å². The van der Waals surface area contributed by atoms with Gasteiger partial charge in [-0.1, -0.05) is 29.3 Å². The normalized spacial score (nSPS) is 10.5. The predicted octanol–water partition coefficient (Wildman–Crippen LogP) is 4.08. The average Bonchev–Trinajstić information content (AvgIpc) is 2.33. The van der Waals surface area contributed by atoms with E-state index >= 15 is 0 Å². The summed E-state index contributed by atoms with van der Waals surface area (Å²) in [6, 6.07) is 5.98. The first-order valence-electron chi connectivity index (χ1n) is 5.15. The fraction of sp³-hybridized carbons (Fsp3) is 0. The van der Waals surface area contributed by atoms with Crippen LogP contribution in [0.15, 0.2) is 30.3 Å². The molecule has 0 saturated heterocycles. The minimum atomic E-state index is -1.17. The topological polar surface area (TPSA) is 43.1 Å². The summed E-state index contributed by atoms with van der Waals surface area (Å²) in [5, 5.41) is -0.0889. The maximum atomic E-state index is 13.2. The van der Waals surface area contributed by atoms with E-state index in [2.05, 4.69) is 0 Å². The zero-order valence-corrected chi connectivity index (χ0v) is 10.9. The molecule has 0 aliphatic heterocycles. The van der Waals surface area contributed by atoms with E-state index in [1.54, 1.807) is 6.07 Å². The Morgan fingerprint density at radius 3 is 2.32 bits per heavy atom. The van der Waals surface area contributed by atoms with Crippen molar-refractivity contribution in [3.8, 4) is 0 Å². The third-order valence-corrected chi connectivity index (χ3v) is 3.16. The Hall–Kier alpha value is -1.65. The highest BCUT2D eigenvalue weighted by molar-refractivity contribution is 6.39. The first kappa shape index (κ1) is 13.8. The van der Waals surface area contributed by atoms with Crippen LogP contribution >= 0.6 is 23.2 Å². The maximum Gasteiger partial charge on any atom is 0.198 e. The highest BCUT2D eigenvalue weighted by atomic mass is 35.5. The van der Waals surface area contributed by atoms with Gasteiger partial charge in [-0.25, -0.2) is 8.78 Å². The summed E-state index contributed by atoms with van der Waals surface area (Å²) in [4.78, 5) is 12.2. The zero-order valence-electron chi connectivity index (χ0n) is 9.38. The van der Waals surface area contributed by atoms with Gasteiger partial charge >= 0.3 is 0 Å². The molecule has 98 valence electrons. The lowest BCUT2D eigenvalue weighted by atomic mass is 10.0. The lowest BCUT2D eigenvalue weighted by Crippen LogP contribution is -2.08. The molecule has 2 rings (SSSR count). The quantitative estimate of drug-likeness (QED) is 0.516. The maximum absolute atomic E-state index is 13.2. The molecule has 0 fully saturated rings. The smallest absolute Gasteiger partial charge is 0.198 e. The van der Waals surface area contributed by atoms with Crippen molar-refractivity contribution in [2.45, 2.75) is 0 Å². The van der Waals surface area contributed by atoms with Gasteiger partial charge in [0.05, 0.1) is 15.6 Å². The van der Waals surface area contributed by atoms with E-state index in [1.807, 2.05) is 0 Å². The van der Waals surface area contributed by atoms with Crippen LogP contribution in [0.1, 0.15) is 15.9 Å². The predicted molar refractivity (Wildman–Crippen MR) is 70.7 cm³/mol. The van der Waals surface area contributed by atoms with Crippen LogP contribution in [0.3, 0.4) is 0 Å². The van der Waals surface area contributed by atoms with Crippen molar-refractivity contribution in [2.24, 2.45) is 0 Å². The van der Waals surface area contributed by atoms with Crippen LogP contribution in [0.4, 0.5) is 14.5 Å². The first-order chi connectivity index (χ1) is 8.91. The summed E-state index contributed by atoms with van der Waals surface area (Å²) in [5.41, 5.74) is 5.62. The summed E-state index contributed by atoms with van der Waals surface area (Å²) in [6.07, 6.45) is 0. The number of carbonyl (C=O) groups excluding carboxylic acids is 1. The monoisotopic (exact) mass is 301 g/mol. The molecule has 0 bridgehead atoms. The van der Waals surface area contributed by atoms with Crippen LogP contribution in [-0.2, 0) is 0 Å². The fourth-order valence-corrected chi connectivity index (χ4v) is 2.12. The van der Waals surface area contributed by atoms with Crippen LogP contribution in [0.2, 0.25) is 10.0 Å². The van der Waals surface area contributed by atoms with Gasteiger partial charge < -0.3 is 5.73 Å². The van der Waals surface area contributed by atoms with Crippen molar-refractivity contribution in [1.82, 2.24) is 0 Å². The van der Waals surface area contributed by atoms with Gasteiger partial charge in [0.15, 0.2) is 17.4 Å². The molecule has 0 saturated carbocycles. The first-order valence-corrected chi connectivity index (χ1v) is 5.90. The van der Waals surface area contributed by atoms with Gasteiger partial charge in [0, 0.05) is 11.3 Å². The second kappa shape index (κ2) is 5.15. The molecular weight excluding hydrogens is 295 g/mol. The number of carbonyl (C=O) groups is 1. The van der Waals surface area contributed by atoms with Crippen molar-refractivity contribution >= 4 is 34.7 Å². The summed E-state index contributed by atoms with van der Waals surface area (Å²) in [7, 11) is 0. The Morgan fingerprint density at radius 1 is 1.05 bits per heavy atom. The van der Waals surface area contributed by atoms with Crippen molar-refractivity contribution in [1.29, 1.82) is 0 Å². The number of ketones is 1. The van der Waals surface area contributed by atoms with Gasteiger partial charge in [0.25, 0.3) is 0 Å². The fourth-order valence-electron chi connectivity index (χ4n) is 1.61. The number of rotatable bonds is 2. The van der Waals surface area contributed by atoms with Crippen LogP contribution < -0.4 is 5.73 Å². The molecule has 2 aromatic rings. The summed E-state index contributed by atoms with van der Waals surface area (Å²) < 4.78 is 26.1. The number of nitrogen functional groups attached to an aromatic ring is 1. The summed E-state index contributed by atoms with van der Waals surface area (Å²) in [6.45, 7) is 0. The number of nitrogens with two attached hydrogens (primary N) is 1. The van der Waals surface area contributed by atoms with Gasteiger partial charge in [-0.3, -0.25) is 4.79 Å². The molecule has 0 atom stereocenters. The van der Waals surface area contributed by atoms with E-state index in [9.17, 15) is 13.6 Å². The van der Waals surface area contributed by atoms with Crippen molar-refractivity contribution in [3.05, 3.63) is 63.1 Å². The number of anilines is 1. The molecule has 0 aliphatic carbocycles. The SMILES string of the molecule is Nc1cccc(Cl)c1C(=O)c1cc(F)c(F)cc1Cl. The standard InChI is InChI=1S/C13H7Cl2F2NO/c14-7-2-1-3-11(18)12(7)13(19)6-4-9(16)10(17)5-8(6)15/h1-5H,18H2. The third kappa shape index (κ3) is 2.55. The lowest BCUT2D eigenvalue weighted by molar-refractivity contribution is 0.103. The van der Waals surface area contributed by atoms with Crippen LogP contribution in [0, 0.1) is 11.6 Å². The van der Waals surface area contributed by atoms with E-state index in [0.29, 0.717) is 0 Å². The molecule has 0 heterocycles. The van der Waals surface area contributed by atoms with E-state index in [4.69, 9.17) is 28.9 Å². The van der Waals surface area contributed by atoms with Gasteiger partial charge in [-0.05, 0) is 24.3 Å². The van der Waals surface area contributed by atoms with Gasteiger partial charge in [0.1, 0.15) is 0 Å². The Labute approximate surface area is 117 Å². The minimum absolute atomic E-state index is 0.0112. The second-order valence-corrected chi connectivity index (χ2v) is 4.59. The molecule has 0 radical (unpaired) electrons. The van der Waals surface area contributed by atoms with E-state index in [1.165, 1.54) is 12.1 Å². The van der Waals surface area contributed by atoms with Crippen LogP contribution in [0.25, 0.3) is 0 Å². The minimum Gasteiger partial charge on any atom is -0.398 e. The summed E-state index contributed by atoms with van der Waals surface area (Å²) >= 11 is 11.6. The summed E-state index contributed by atoms with van der Waals surface area (Å²) in [5.74, 6) is -2.96. The lowest BCUT2D eigenvalue weighted by Gasteiger charge is -2.08. The van der Waals surface area contributed by atoms with Crippen molar-refractivity contribution in [2.75, 3.05) is 5.73 Å². The molecule has 6 heteroatoms. The Balaban J connectivity index is 2.60. The molecule has 0 unspecified atom stereocenters. The van der Waals surface area contributed by atoms with Gasteiger partial charge in [0.2, 0.25) is 0 Å². The molecule has 2 N–H and O–H groups in total. The van der Waals surface area contributed by atoms with Gasteiger partial charge in [-0.2, -0.15) is 0 Å². The Kier molecular flexibility index (Phi) is 3.73. The highest BCUT2D eigenvalue weighted by Gasteiger charge is 2.20. The second-order valence-electron chi connectivity index (χ2n) is 3.78. The number of hydrogen-bond donors (Lipinski definition) is 1. The molecule has 2 aromatic carbocycles. The third-order valence-electron chi connectivity index (χ3n) is 2.53. The van der Waals surface area contributed by atoms with Crippen LogP contribution in [-0.4, -0.2) is 5.78 Å². The molecular formula is C13H7Cl2F2NO. The Morgan fingerprint density at radius 2 is 1.68 bits per heavy atom. The molecule has 2 nitrogen and oxygen atoms in total. The zero-order chi connectivity index (χ0) is 14.2. The number of halogens is 4. The van der Waals surface area contributed by atoms with E-state index in [0.717, 1.165) is 12.1 Å². The van der Waals surface area contributed by atoms with Crippen molar-refractivity contribution < 1.29 is 13.6 Å². The number of hydrogen-bond acceptors (Lipinski definition) is 2. The molecule has 0 aliphatic rings. The van der Waals surface area contributed by atoms with Gasteiger partial charge in [-0.15, -0.1) is 0 Å². The Bertz CT molecular complexity index is 654.